The lowest BCUT2D eigenvalue weighted by atomic mass is 10.2. The van der Waals surface area contributed by atoms with Crippen molar-refractivity contribution in [2.45, 2.75) is 17.2 Å². The first kappa shape index (κ1) is 21.2. The quantitative estimate of drug-likeness (QED) is 0.343. The van der Waals surface area contributed by atoms with Crippen LogP contribution in [0.2, 0.25) is 0 Å². The first-order valence-corrected chi connectivity index (χ1v) is 10.1. The Morgan fingerprint density at radius 2 is 1.70 bits per heavy atom. The number of methoxy groups -OCH3 is 1. The van der Waals surface area contributed by atoms with E-state index in [1.165, 1.54) is 25.1 Å². The van der Waals surface area contributed by atoms with E-state index in [0.29, 0.717) is 27.7 Å². The maximum absolute atomic E-state index is 12.5. The van der Waals surface area contributed by atoms with Crippen LogP contribution in [0.5, 0.6) is 5.75 Å². The van der Waals surface area contributed by atoms with E-state index >= 15 is 0 Å². The highest BCUT2D eigenvalue weighted by Crippen LogP contribution is 2.24. The molecule has 1 atom stereocenters. The van der Waals surface area contributed by atoms with Crippen molar-refractivity contribution in [2.75, 3.05) is 17.7 Å². The molecule has 0 bridgehead atoms. The number of hydrogen-bond donors (Lipinski definition) is 2. The number of para-hydroxylation sites is 2. The minimum atomic E-state index is -0.471. The van der Waals surface area contributed by atoms with Crippen molar-refractivity contribution in [1.82, 2.24) is 0 Å². The highest BCUT2D eigenvalue weighted by Gasteiger charge is 2.19. The number of carbonyl (C=O) groups is 2. The summed E-state index contributed by atoms with van der Waals surface area (Å²) in [5.74, 6) is 0.0412. The van der Waals surface area contributed by atoms with Crippen LogP contribution in [0, 0.1) is 5.21 Å². The van der Waals surface area contributed by atoms with Gasteiger partial charge in [0, 0.05) is 23.4 Å². The summed E-state index contributed by atoms with van der Waals surface area (Å²) in [7, 11) is 1.54. The third-order valence-corrected chi connectivity index (χ3v) is 5.35. The Labute approximate surface area is 178 Å². The molecule has 0 saturated heterocycles. The molecule has 1 heterocycles. The Morgan fingerprint density at radius 1 is 1.00 bits per heavy atom. The highest BCUT2D eigenvalue weighted by molar-refractivity contribution is 8.00. The van der Waals surface area contributed by atoms with Crippen LogP contribution in [0.1, 0.15) is 17.3 Å². The number of nitrogens with one attached hydrogen (secondary N) is 2. The van der Waals surface area contributed by atoms with E-state index in [1.54, 1.807) is 67.6 Å². The Kier molecular flexibility index (Phi) is 6.92. The highest BCUT2D eigenvalue weighted by atomic mass is 32.2. The van der Waals surface area contributed by atoms with Gasteiger partial charge in [-0.25, -0.2) is 0 Å². The van der Waals surface area contributed by atoms with Crippen molar-refractivity contribution >= 4 is 35.0 Å². The first-order chi connectivity index (χ1) is 14.5. The van der Waals surface area contributed by atoms with Gasteiger partial charge < -0.3 is 20.6 Å². The third kappa shape index (κ3) is 5.30. The first-order valence-electron chi connectivity index (χ1n) is 9.18. The lowest BCUT2D eigenvalue weighted by Crippen LogP contribution is -2.30. The molecular formula is C22H21N3O4S. The molecule has 0 fully saturated rings. The normalized spacial score (nSPS) is 11.4. The molecule has 8 heteroatoms. The van der Waals surface area contributed by atoms with Crippen molar-refractivity contribution in [3.8, 4) is 5.75 Å². The van der Waals surface area contributed by atoms with Crippen molar-refractivity contribution < 1.29 is 19.1 Å². The molecule has 2 aromatic carbocycles. The van der Waals surface area contributed by atoms with Gasteiger partial charge >= 0.3 is 0 Å². The molecule has 154 valence electrons. The van der Waals surface area contributed by atoms with E-state index in [2.05, 4.69) is 10.6 Å². The molecular weight excluding hydrogens is 402 g/mol. The van der Waals surface area contributed by atoms with Gasteiger partial charge in [-0.1, -0.05) is 12.1 Å². The Morgan fingerprint density at radius 3 is 2.40 bits per heavy atom. The van der Waals surface area contributed by atoms with E-state index in [4.69, 9.17) is 4.74 Å². The van der Waals surface area contributed by atoms with Crippen LogP contribution in [0.15, 0.2) is 78.0 Å². The number of carbonyl (C=O) groups excluding carboxylic acids is 2. The zero-order valence-corrected chi connectivity index (χ0v) is 17.3. The molecule has 2 N–H and O–H groups in total. The number of amides is 2. The summed E-state index contributed by atoms with van der Waals surface area (Å²) in [4.78, 5) is 24.9. The summed E-state index contributed by atoms with van der Waals surface area (Å²) in [6.45, 7) is 1.72. The van der Waals surface area contributed by atoms with Crippen LogP contribution in [0.4, 0.5) is 11.4 Å². The number of ether oxygens (including phenoxy) is 1. The lowest BCUT2D eigenvalue weighted by Gasteiger charge is -2.12. The predicted octanol–water partition coefficient (Wildman–Crippen LogP) is 3.70. The second-order valence-corrected chi connectivity index (χ2v) is 7.71. The molecule has 0 radical (unpaired) electrons. The molecule has 0 aliphatic rings. The fourth-order valence-electron chi connectivity index (χ4n) is 2.63. The van der Waals surface area contributed by atoms with E-state index in [9.17, 15) is 14.8 Å². The van der Waals surface area contributed by atoms with Gasteiger partial charge in [0.05, 0.1) is 18.0 Å². The number of pyridine rings is 1. The molecule has 0 aliphatic carbocycles. The molecule has 2 amide bonds. The molecule has 0 aliphatic heterocycles. The second kappa shape index (κ2) is 9.80. The van der Waals surface area contributed by atoms with Crippen LogP contribution in [-0.4, -0.2) is 24.2 Å². The number of anilines is 2. The largest absolute Gasteiger partial charge is 0.618 e. The standard InChI is InChI=1S/C22H21N3O4S/c1-15(30-20-9-5-6-14-25(20)28)21(26)23-17-12-10-16(11-13-17)22(27)24-18-7-3-4-8-19(18)29-2/h3-15H,1-2H3,(H,23,26)(H,24,27). The van der Waals surface area contributed by atoms with Gasteiger partial charge in [-0.05, 0) is 61.2 Å². The smallest absolute Gasteiger partial charge is 0.255 e. The van der Waals surface area contributed by atoms with Gasteiger partial charge in [-0.2, -0.15) is 4.73 Å². The van der Waals surface area contributed by atoms with Crippen LogP contribution in [-0.2, 0) is 4.79 Å². The van der Waals surface area contributed by atoms with Gasteiger partial charge in [0.2, 0.25) is 5.91 Å². The third-order valence-electron chi connectivity index (χ3n) is 4.23. The van der Waals surface area contributed by atoms with Gasteiger partial charge in [0.1, 0.15) is 5.75 Å². The molecule has 0 saturated carbocycles. The predicted molar refractivity (Wildman–Crippen MR) is 117 cm³/mol. The van der Waals surface area contributed by atoms with Crippen molar-refractivity contribution in [3.63, 3.8) is 0 Å². The average molecular weight is 423 g/mol. The van der Waals surface area contributed by atoms with Gasteiger partial charge in [-0.3, -0.25) is 9.59 Å². The zero-order valence-electron chi connectivity index (χ0n) is 16.5. The monoisotopic (exact) mass is 423 g/mol. The molecule has 1 aromatic heterocycles. The fraction of sp³-hybridized carbons (Fsp3) is 0.136. The van der Waals surface area contributed by atoms with Crippen LogP contribution in [0.25, 0.3) is 0 Å². The van der Waals surface area contributed by atoms with E-state index in [1.807, 2.05) is 6.07 Å². The minimum Gasteiger partial charge on any atom is -0.618 e. The van der Waals surface area contributed by atoms with Crippen LogP contribution in [0.3, 0.4) is 0 Å². The van der Waals surface area contributed by atoms with Crippen molar-refractivity contribution in [1.29, 1.82) is 0 Å². The summed E-state index contributed by atoms with van der Waals surface area (Å²) in [5, 5.41) is 17.3. The van der Waals surface area contributed by atoms with Crippen LogP contribution >= 0.6 is 11.8 Å². The SMILES string of the molecule is COc1ccccc1NC(=O)c1ccc(NC(=O)C(C)Sc2cccc[n+]2[O-])cc1. The van der Waals surface area contributed by atoms with E-state index in [-0.39, 0.29) is 11.8 Å². The molecule has 1 unspecified atom stereocenters. The number of aromatic nitrogens is 1. The average Bonchev–Trinajstić information content (AvgIpc) is 2.76. The fourth-order valence-corrected chi connectivity index (χ4v) is 3.48. The number of benzene rings is 2. The number of hydrogen-bond acceptors (Lipinski definition) is 5. The van der Waals surface area contributed by atoms with Crippen molar-refractivity contribution in [3.05, 3.63) is 83.7 Å². The Balaban J connectivity index is 1.60. The minimum absolute atomic E-state index is 0.241. The number of thioether (sulfide) groups is 1. The topological polar surface area (TPSA) is 94.4 Å². The van der Waals surface area contributed by atoms with Crippen LogP contribution < -0.4 is 20.1 Å². The van der Waals surface area contributed by atoms with Gasteiger partial charge in [-0.15, -0.1) is 0 Å². The summed E-state index contributed by atoms with van der Waals surface area (Å²) in [5.41, 5.74) is 1.58. The molecule has 3 aromatic rings. The Hall–Kier alpha value is -3.52. The molecule has 3 rings (SSSR count). The summed E-state index contributed by atoms with van der Waals surface area (Å²) in [6.07, 6.45) is 1.39. The van der Waals surface area contributed by atoms with Gasteiger partial charge in [0.25, 0.3) is 10.9 Å². The van der Waals surface area contributed by atoms with E-state index in [0.717, 1.165) is 4.73 Å². The maximum Gasteiger partial charge on any atom is 0.255 e. The second-order valence-electron chi connectivity index (χ2n) is 6.35. The molecule has 30 heavy (non-hydrogen) atoms. The lowest BCUT2D eigenvalue weighted by molar-refractivity contribution is -0.645. The van der Waals surface area contributed by atoms with Gasteiger partial charge in [0.15, 0.2) is 6.20 Å². The van der Waals surface area contributed by atoms with E-state index < -0.39 is 5.25 Å². The maximum atomic E-state index is 12.5. The summed E-state index contributed by atoms with van der Waals surface area (Å²) in [6, 6.07) is 18.7. The molecule has 7 nitrogen and oxygen atoms in total. The Bertz CT molecular complexity index is 1040. The number of nitrogens with zero attached hydrogens (tertiary/aromatic N) is 1. The van der Waals surface area contributed by atoms with Crippen molar-refractivity contribution in [2.24, 2.45) is 0 Å². The zero-order chi connectivity index (χ0) is 21.5. The summed E-state index contributed by atoms with van der Waals surface area (Å²) < 4.78 is 5.96. The molecule has 0 spiro atoms. The number of rotatable bonds is 7. The summed E-state index contributed by atoms with van der Waals surface area (Å²) >= 11 is 1.17.